The zero-order valence-electron chi connectivity index (χ0n) is 11.3. The number of hydrogen-bond donors (Lipinski definition) is 2. The van der Waals surface area contributed by atoms with Gasteiger partial charge in [-0.15, -0.1) is 0 Å². The van der Waals surface area contributed by atoms with Crippen LogP contribution in [0, 0.1) is 6.92 Å². The van der Waals surface area contributed by atoms with Crippen molar-refractivity contribution >= 4 is 21.4 Å². The van der Waals surface area contributed by atoms with Gasteiger partial charge in [-0.1, -0.05) is 6.07 Å². The highest BCUT2D eigenvalue weighted by atomic mass is 32.2. The summed E-state index contributed by atoms with van der Waals surface area (Å²) in [4.78, 5) is 0.153. The first-order chi connectivity index (χ1) is 9.95. The fraction of sp³-hybridized carbons (Fsp3) is 0.143. The quantitative estimate of drug-likeness (QED) is 0.848. The van der Waals surface area contributed by atoms with Gasteiger partial charge in [0.25, 0.3) is 10.0 Å². The van der Waals surface area contributed by atoms with E-state index in [9.17, 15) is 8.42 Å². The number of benzene rings is 2. The van der Waals surface area contributed by atoms with Crippen LogP contribution in [0.3, 0.4) is 0 Å². The third kappa shape index (κ3) is 2.59. The maximum Gasteiger partial charge on any atom is 0.262 e. The number of nitrogen functional groups attached to an aromatic ring is 1. The van der Waals surface area contributed by atoms with Crippen LogP contribution in [-0.4, -0.2) is 15.2 Å². The van der Waals surface area contributed by atoms with Crippen LogP contribution >= 0.6 is 0 Å². The molecule has 0 spiro atoms. The molecule has 1 aliphatic heterocycles. The van der Waals surface area contributed by atoms with E-state index in [1.165, 1.54) is 6.07 Å². The maximum atomic E-state index is 12.4. The van der Waals surface area contributed by atoms with Crippen molar-refractivity contribution in [3.05, 3.63) is 42.0 Å². The van der Waals surface area contributed by atoms with Gasteiger partial charge in [0.15, 0.2) is 11.5 Å². The predicted molar refractivity (Wildman–Crippen MR) is 79.0 cm³/mol. The molecule has 1 heterocycles. The molecule has 3 rings (SSSR count). The van der Waals surface area contributed by atoms with E-state index < -0.39 is 10.0 Å². The standard InChI is InChI=1S/C14H14N2O4S/c1-9-2-3-10(15)6-14(9)21(17,18)16-11-4-5-12-13(7-11)20-8-19-12/h2-7,16H,8,15H2,1H3. The fourth-order valence-electron chi connectivity index (χ4n) is 2.08. The van der Waals surface area contributed by atoms with E-state index >= 15 is 0 Å². The number of nitrogens with two attached hydrogens (primary N) is 1. The first kappa shape index (κ1) is 13.6. The molecule has 0 amide bonds. The maximum absolute atomic E-state index is 12.4. The Bertz CT molecular complexity index is 803. The number of ether oxygens (including phenoxy) is 2. The smallest absolute Gasteiger partial charge is 0.262 e. The molecule has 0 radical (unpaired) electrons. The monoisotopic (exact) mass is 306 g/mol. The van der Waals surface area contributed by atoms with Gasteiger partial charge in [-0.25, -0.2) is 8.42 Å². The average Bonchev–Trinajstić information content (AvgIpc) is 2.88. The minimum atomic E-state index is -3.71. The van der Waals surface area contributed by atoms with Crippen LogP contribution in [0.25, 0.3) is 0 Å². The van der Waals surface area contributed by atoms with Gasteiger partial charge in [0.05, 0.1) is 10.6 Å². The molecule has 0 fully saturated rings. The molecule has 7 heteroatoms. The molecule has 2 aromatic rings. The lowest BCUT2D eigenvalue weighted by atomic mass is 10.2. The second kappa shape index (κ2) is 4.85. The van der Waals surface area contributed by atoms with Gasteiger partial charge in [-0.05, 0) is 36.8 Å². The minimum absolute atomic E-state index is 0.139. The molecule has 1 aliphatic rings. The summed E-state index contributed by atoms with van der Waals surface area (Å²) in [5, 5.41) is 0. The average molecular weight is 306 g/mol. The van der Waals surface area contributed by atoms with Gasteiger partial charge in [0.2, 0.25) is 6.79 Å². The van der Waals surface area contributed by atoms with Crippen LogP contribution in [0.2, 0.25) is 0 Å². The predicted octanol–water partition coefficient (Wildman–Crippen LogP) is 2.11. The van der Waals surface area contributed by atoms with Crippen molar-refractivity contribution in [1.29, 1.82) is 0 Å². The molecule has 0 aromatic heterocycles. The number of fused-ring (bicyclic) bond motifs is 1. The van der Waals surface area contributed by atoms with E-state index in [4.69, 9.17) is 15.2 Å². The minimum Gasteiger partial charge on any atom is -0.454 e. The second-order valence-electron chi connectivity index (χ2n) is 4.70. The first-order valence-corrected chi connectivity index (χ1v) is 7.73. The lowest BCUT2D eigenvalue weighted by Gasteiger charge is -2.11. The number of aryl methyl sites for hydroxylation is 1. The summed E-state index contributed by atoms with van der Waals surface area (Å²) in [5.41, 5.74) is 7.08. The number of anilines is 2. The van der Waals surface area contributed by atoms with Crippen LogP contribution in [0.1, 0.15) is 5.56 Å². The molecule has 0 unspecified atom stereocenters. The SMILES string of the molecule is Cc1ccc(N)cc1S(=O)(=O)Nc1ccc2c(c1)OCO2. The van der Waals surface area contributed by atoms with Gasteiger partial charge >= 0.3 is 0 Å². The third-order valence-corrected chi connectivity index (χ3v) is 4.65. The highest BCUT2D eigenvalue weighted by molar-refractivity contribution is 7.92. The van der Waals surface area contributed by atoms with Crippen molar-refractivity contribution in [2.24, 2.45) is 0 Å². The summed E-state index contributed by atoms with van der Waals surface area (Å²) >= 11 is 0. The highest BCUT2D eigenvalue weighted by Crippen LogP contribution is 2.35. The molecular formula is C14H14N2O4S. The number of hydrogen-bond acceptors (Lipinski definition) is 5. The summed E-state index contributed by atoms with van der Waals surface area (Å²) in [6.07, 6.45) is 0. The Hall–Kier alpha value is -2.41. The Morgan fingerprint density at radius 3 is 2.67 bits per heavy atom. The third-order valence-electron chi connectivity index (χ3n) is 3.13. The number of nitrogens with one attached hydrogen (secondary N) is 1. The molecule has 0 atom stereocenters. The lowest BCUT2D eigenvalue weighted by Crippen LogP contribution is -2.14. The van der Waals surface area contributed by atoms with Crippen LogP contribution in [0.4, 0.5) is 11.4 Å². The molecule has 0 saturated carbocycles. The Morgan fingerprint density at radius 1 is 1.10 bits per heavy atom. The lowest BCUT2D eigenvalue weighted by molar-refractivity contribution is 0.174. The van der Waals surface area contributed by atoms with Gasteiger partial charge in [0.1, 0.15) is 0 Å². The van der Waals surface area contributed by atoms with Gasteiger partial charge < -0.3 is 15.2 Å². The van der Waals surface area contributed by atoms with Crippen molar-refractivity contribution in [3.63, 3.8) is 0 Å². The first-order valence-electron chi connectivity index (χ1n) is 6.24. The van der Waals surface area contributed by atoms with Gasteiger partial charge in [0, 0.05) is 11.8 Å². The van der Waals surface area contributed by atoms with Crippen molar-refractivity contribution < 1.29 is 17.9 Å². The van der Waals surface area contributed by atoms with Crippen LogP contribution in [0.5, 0.6) is 11.5 Å². The van der Waals surface area contributed by atoms with Gasteiger partial charge in [-0.2, -0.15) is 0 Å². The fourth-order valence-corrected chi connectivity index (χ4v) is 3.41. The molecule has 21 heavy (non-hydrogen) atoms. The van der Waals surface area contributed by atoms with E-state index in [2.05, 4.69) is 4.72 Å². The summed E-state index contributed by atoms with van der Waals surface area (Å²) in [7, 11) is -3.71. The zero-order chi connectivity index (χ0) is 15.0. The summed E-state index contributed by atoms with van der Waals surface area (Å²) in [5.74, 6) is 1.11. The molecule has 3 N–H and O–H groups in total. The Labute approximate surface area is 122 Å². The molecule has 0 saturated heterocycles. The van der Waals surface area contributed by atoms with E-state index in [0.717, 1.165) is 0 Å². The van der Waals surface area contributed by atoms with E-state index in [1.807, 2.05) is 0 Å². The van der Waals surface area contributed by atoms with E-state index in [1.54, 1.807) is 37.3 Å². The zero-order valence-corrected chi connectivity index (χ0v) is 12.1. The summed E-state index contributed by atoms with van der Waals surface area (Å²) < 4.78 is 37.8. The molecule has 110 valence electrons. The van der Waals surface area contributed by atoms with Crippen LogP contribution < -0.4 is 19.9 Å². The summed E-state index contributed by atoms with van der Waals surface area (Å²) in [6.45, 7) is 1.85. The normalized spacial score (nSPS) is 13.2. The molecule has 6 nitrogen and oxygen atoms in total. The van der Waals surface area contributed by atoms with Crippen LogP contribution in [0.15, 0.2) is 41.3 Å². The van der Waals surface area contributed by atoms with Gasteiger partial charge in [-0.3, -0.25) is 4.72 Å². The number of sulfonamides is 1. The van der Waals surface area contributed by atoms with Crippen molar-refractivity contribution in [3.8, 4) is 11.5 Å². The molecule has 2 aromatic carbocycles. The summed E-state index contributed by atoms with van der Waals surface area (Å²) in [6, 6.07) is 9.63. The van der Waals surface area contributed by atoms with E-state index in [0.29, 0.717) is 28.4 Å². The van der Waals surface area contributed by atoms with E-state index in [-0.39, 0.29) is 11.7 Å². The Morgan fingerprint density at radius 2 is 1.86 bits per heavy atom. The Balaban J connectivity index is 1.94. The van der Waals surface area contributed by atoms with Crippen LogP contribution in [-0.2, 0) is 10.0 Å². The van der Waals surface area contributed by atoms with Crippen molar-refractivity contribution in [2.45, 2.75) is 11.8 Å². The number of rotatable bonds is 3. The van der Waals surface area contributed by atoms with Crippen molar-refractivity contribution in [2.75, 3.05) is 17.2 Å². The second-order valence-corrected chi connectivity index (χ2v) is 6.35. The van der Waals surface area contributed by atoms with Crippen molar-refractivity contribution in [1.82, 2.24) is 0 Å². The Kier molecular flexibility index (Phi) is 3.13. The molecule has 0 aliphatic carbocycles. The topological polar surface area (TPSA) is 90.7 Å². The largest absolute Gasteiger partial charge is 0.454 e. The molecular weight excluding hydrogens is 292 g/mol. The molecule has 0 bridgehead atoms. The highest BCUT2D eigenvalue weighted by Gasteiger charge is 2.19.